The molecule has 0 radical (unpaired) electrons. The molecule has 1 rings (SSSR count). The summed E-state index contributed by atoms with van der Waals surface area (Å²) in [4.78, 5) is 0. The van der Waals surface area contributed by atoms with Crippen LogP contribution in [0.5, 0.6) is 0 Å². The Hall–Kier alpha value is -0.570. The summed E-state index contributed by atoms with van der Waals surface area (Å²) in [6.45, 7) is 4.48. The first-order valence-corrected chi connectivity index (χ1v) is 5.11. The van der Waals surface area contributed by atoms with E-state index in [9.17, 15) is 0 Å². The maximum Gasteiger partial charge on any atom is 0.0449 e. The van der Waals surface area contributed by atoms with Crippen molar-refractivity contribution in [3.63, 3.8) is 0 Å². The van der Waals surface area contributed by atoms with Crippen molar-refractivity contribution in [3.8, 4) is 0 Å². The zero-order valence-electron chi connectivity index (χ0n) is 9.31. The average Bonchev–Trinajstić information content (AvgIpc) is 2.18. The highest BCUT2D eigenvalue weighted by molar-refractivity contribution is 5.85. The Morgan fingerprint density at radius 1 is 1.13 bits per heavy atom. The molecule has 1 aromatic rings. The lowest BCUT2D eigenvalue weighted by Gasteiger charge is -2.12. The molecule has 0 saturated carbocycles. The lowest BCUT2D eigenvalue weighted by molar-refractivity contribution is 0.276. The molecule has 0 spiro atoms. The molecule has 2 nitrogen and oxygen atoms in total. The zero-order chi connectivity index (χ0) is 10.6. The molecule has 3 heteroatoms. The van der Waals surface area contributed by atoms with Gasteiger partial charge < -0.3 is 10.8 Å². The normalized spacial score (nSPS) is 12.3. The van der Waals surface area contributed by atoms with E-state index in [1.807, 2.05) is 0 Å². The van der Waals surface area contributed by atoms with Gasteiger partial charge in [-0.25, -0.2) is 0 Å². The minimum Gasteiger partial charge on any atom is -0.396 e. The van der Waals surface area contributed by atoms with Crippen molar-refractivity contribution in [2.45, 2.75) is 32.2 Å². The lowest BCUT2D eigenvalue weighted by atomic mass is 9.98. The van der Waals surface area contributed by atoms with Gasteiger partial charge in [-0.05, 0) is 23.5 Å². The molecule has 0 aliphatic heterocycles. The second kappa shape index (κ2) is 6.83. The first-order valence-electron chi connectivity index (χ1n) is 5.11. The van der Waals surface area contributed by atoms with E-state index in [0.29, 0.717) is 12.3 Å². The first-order chi connectivity index (χ1) is 6.65. The predicted molar refractivity (Wildman–Crippen MR) is 66.4 cm³/mol. The molecule has 0 aliphatic rings. The fraction of sp³-hybridized carbons (Fsp3) is 0.500. The molecule has 86 valence electrons. The SMILES string of the molecule is CC(C)c1ccc([C@H](N)CCO)cc1.Cl. The van der Waals surface area contributed by atoms with Gasteiger partial charge in [-0.3, -0.25) is 0 Å². The quantitative estimate of drug-likeness (QED) is 0.834. The summed E-state index contributed by atoms with van der Waals surface area (Å²) < 4.78 is 0. The lowest BCUT2D eigenvalue weighted by Crippen LogP contribution is -2.11. The van der Waals surface area contributed by atoms with E-state index >= 15 is 0 Å². The highest BCUT2D eigenvalue weighted by atomic mass is 35.5. The maximum absolute atomic E-state index is 8.76. The Labute approximate surface area is 97.9 Å². The molecule has 3 N–H and O–H groups in total. The van der Waals surface area contributed by atoms with Gasteiger partial charge in [-0.1, -0.05) is 38.1 Å². The van der Waals surface area contributed by atoms with E-state index in [1.54, 1.807) is 0 Å². The van der Waals surface area contributed by atoms with Crippen LogP contribution in [0.4, 0.5) is 0 Å². The Kier molecular flexibility index (Phi) is 6.57. The van der Waals surface area contributed by atoms with E-state index in [1.165, 1.54) is 5.56 Å². The summed E-state index contributed by atoms with van der Waals surface area (Å²) in [6.07, 6.45) is 0.626. The second-order valence-corrected chi connectivity index (χ2v) is 3.94. The predicted octanol–water partition coefficient (Wildman–Crippen LogP) is 2.61. The van der Waals surface area contributed by atoms with E-state index in [2.05, 4.69) is 38.1 Å². The van der Waals surface area contributed by atoms with Gasteiger partial charge in [0.2, 0.25) is 0 Å². The van der Waals surface area contributed by atoms with Crippen LogP contribution in [0.1, 0.15) is 43.4 Å². The Bertz CT molecular complexity index is 271. The van der Waals surface area contributed by atoms with Crippen molar-refractivity contribution in [2.75, 3.05) is 6.61 Å². The highest BCUT2D eigenvalue weighted by Gasteiger charge is 2.05. The van der Waals surface area contributed by atoms with Gasteiger partial charge >= 0.3 is 0 Å². The maximum atomic E-state index is 8.76. The van der Waals surface area contributed by atoms with Crippen LogP contribution < -0.4 is 5.73 Å². The van der Waals surface area contributed by atoms with Crippen molar-refractivity contribution in [1.82, 2.24) is 0 Å². The number of hydrogen-bond acceptors (Lipinski definition) is 2. The van der Waals surface area contributed by atoms with Crippen LogP contribution in [-0.4, -0.2) is 11.7 Å². The van der Waals surface area contributed by atoms with Crippen LogP contribution in [0, 0.1) is 0 Å². The van der Waals surface area contributed by atoms with Crippen molar-refractivity contribution in [3.05, 3.63) is 35.4 Å². The third-order valence-electron chi connectivity index (χ3n) is 2.47. The Balaban J connectivity index is 0.00000196. The third-order valence-corrected chi connectivity index (χ3v) is 2.47. The molecule has 0 aliphatic carbocycles. The molecule has 0 heterocycles. The summed E-state index contributed by atoms with van der Waals surface area (Å²) in [5.41, 5.74) is 8.30. The van der Waals surface area contributed by atoms with Crippen LogP contribution in [0.3, 0.4) is 0 Å². The minimum atomic E-state index is -0.0405. The van der Waals surface area contributed by atoms with Crippen LogP contribution in [0.15, 0.2) is 24.3 Å². The van der Waals surface area contributed by atoms with Gasteiger partial charge in [0.1, 0.15) is 0 Å². The number of nitrogens with two attached hydrogens (primary N) is 1. The van der Waals surface area contributed by atoms with E-state index in [4.69, 9.17) is 10.8 Å². The fourth-order valence-corrected chi connectivity index (χ4v) is 1.43. The summed E-state index contributed by atoms with van der Waals surface area (Å²) in [7, 11) is 0. The Morgan fingerprint density at radius 2 is 1.60 bits per heavy atom. The van der Waals surface area contributed by atoms with Crippen LogP contribution in [0.2, 0.25) is 0 Å². The number of halogens is 1. The molecule has 0 saturated heterocycles. The standard InChI is InChI=1S/C12H19NO.ClH/c1-9(2)10-3-5-11(6-4-10)12(13)7-8-14;/h3-6,9,12,14H,7-8,13H2,1-2H3;1H/t12-;/m1./s1. The van der Waals surface area contributed by atoms with Gasteiger partial charge in [-0.2, -0.15) is 0 Å². The minimum absolute atomic E-state index is 0. The molecule has 0 bridgehead atoms. The molecule has 0 fully saturated rings. The topological polar surface area (TPSA) is 46.2 Å². The number of benzene rings is 1. The third kappa shape index (κ3) is 4.20. The largest absolute Gasteiger partial charge is 0.396 e. The highest BCUT2D eigenvalue weighted by Crippen LogP contribution is 2.18. The van der Waals surface area contributed by atoms with Crippen LogP contribution >= 0.6 is 12.4 Å². The summed E-state index contributed by atoms with van der Waals surface area (Å²) in [5, 5.41) is 8.76. The summed E-state index contributed by atoms with van der Waals surface area (Å²) in [6, 6.07) is 8.28. The zero-order valence-corrected chi connectivity index (χ0v) is 10.1. The molecular weight excluding hydrogens is 210 g/mol. The molecule has 1 atom stereocenters. The van der Waals surface area contributed by atoms with Crippen molar-refractivity contribution in [1.29, 1.82) is 0 Å². The number of rotatable bonds is 4. The molecule has 15 heavy (non-hydrogen) atoms. The van der Waals surface area contributed by atoms with Gasteiger partial charge in [0.25, 0.3) is 0 Å². The number of aliphatic hydroxyl groups excluding tert-OH is 1. The molecule has 0 unspecified atom stereocenters. The summed E-state index contributed by atoms with van der Waals surface area (Å²) in [5.74, 6) is 0.554. The average molecular weight is 230 g/mol. The smallest absolute Gasteiger partial charge is 0.0449 e. The molecular formula is C12H20ClNO. The van der Waals surface area contributed by atoms with E-state index < -0.39 is 0 Å². The first kappa shape index (κ1) is 14.4. The van der Waals surface area contributed by atoms with Crippen molar-refractivity contribution < 1.29 is 5.11 Å². The van der Waals surface area contributed by atoms with Gasteiger partial charge in [0.05, 0.1) is 0 Å². The molecule has 1 aromatic carbocycles. The molecule has 0 amide bonds. The fourth-order valence-electron chi connectivity index (χ4n) is 1.43. The van der Waals surface area contributed by atoms with Crippen molar-refractivity contribution >= 4 is 12.4 Å². The van der Waals surface area contributed by atoms with Gasteiger partial charge in [0, 0.05) is 12.6 Å². The van der Waals surface area contributed by atoms with Gasteiger partial charge in [-0.15, -0.1) is 12.4 Å². The monoisotopic (exact) mass is 229 g/mol. The van der Waals surface area contributed by atoms with Crippen molar-refractivity contribution in [2.24, 2.45) is 5.73 Å². The van der Waals surface area contributed by atoms with Crippen LogP contribution in [0.25, 0.3) is 0 Å². The number of aliphatic hydroxyl groups is 1. The molecule has 0 aromatic heterocycles. The second-order valence-electron chi connectivity index (χ2n) is 3.94. The number of hydrogen-bond donors (Lipinski definition) is 2. The van der Waals surface area contributed by atoms with E-state index in [0.717, 1.165) is 5.56 Å². The van der Waals surface area contributed by atoms with Crippen LogP contribution in [-0.2, 0) is 0 Å². The summed E-state index contributed by atoms with van der Waals surface area (Å²) >= 11 is 0. The van der Waals surface area contributed by atoms with E-state index in [-0.39, 0.29) is 25.1 Å². The Morgan fingerprint density at radius 3 is 2.00 bits per heavy atom. The van der Waals surface area contributed by atoms with Gasteiger partial charge in [0.15, 0.2) is 0 Å².